The van der Waals surface area contributed by atoms with Crippen LogP contribution in [0.4, 0.5) is 0 Å². The average Bonchev–Trinajstić information content (AvgIpc) is 1.88. The van der Waals surface area contributed by atoms with Crippen molar-refractivity contribution in [1.82, 2.24) is 0 Å². The molecule has 0 aromatic heterocycles. The minimum atomic E-state index is 0.536. The van der Waals surface area contributed by atoms with Gasteiger partial charge in [0.1, 0.15) is 0 Å². The Morgan fingerprint density at radius 2 is 2.30 bits per heavy atom. The van der Waals surface area contributed by atoms with Gasteiger partial charge in [-0.05, 0) is 24.7 Å². The van der Waals surface area contributed by atoms with Crippen LogP contribution in [0.5, 0.6) is 0 Å². The summed E-state index contributed by atoms with van der Waals surface area (Å²) >= 11 is 0. The summed E-state index contributed by atoms with van der Waals surface area (Å²) in [4.78, 5) is 0. The van der Waals surface area contributed by atoms with Gasteiger partial charge in [0, 0.05) is 6.21 Å². The fourth-order valence-corrected chi connectivity index (χ4v) is 1.71. The van der Waals surface area contributed by atoms with Gasteiger partial charge in [-0.1, -0.05) is 19.8 Å². The first-order valence-corrected chi connectivity index (χ1v) is 4.00. The van der Waals surface area contributed by atoms with E-state index in [2.05, 4.69) is 12.1 Å². The molecular formula is C8H15NO. The number of rotatable bonds is 1. The molecule has 0 radical (unpaired) electrons. The van der Waals surface area contributed by atoms with Gasteiger partial charge >= 0.3 is 0 Å². The minimum absolute atomic E-state index is 0.536. The van der Waals surface area contributed by atoms with Gasteiger partial charge in [0.05, 0.1) is 0 Å². The van der Waals surface area contributed by atoms with Gasteiger partial charge in [-0.25, -0.2) is 0 Å². The standard InChI is InChI=1S/C8H15NO/c1-7-3-2-4-8(5-7)6-9-10/h6-8,10H,2-5H2,1H3. The predicted octanol–water partition coefficient (Wildman–Crippen LogP) is 2.27. The fraction of sp³-hybridized carbons (Fsp3) is 0.875. The second kappa shape index (κ2) is 3.59. The van der Waals surface area contributed by atoms with E-state index in [1.165, 1.54) is 25.7 Å². The highest BCUT2D eigenvalue weighted by Gasteiger charge is 2.16. The van der Waals surface area contributed by atoms with Gasteiger partial charge < -0.3 is 5.21 Å². The van der Waals surface area contributed by atoms with E-state index in [1.807, 2.05) is 0 Å². The first-order valence-electron chi connectivity index (χ1n) is 4.00. The Morgan fingerprint density at radius 3 is 2.90 bits per heavy atom. The quantitative estimate of drug-likeness (QED) is 0.339. The van der Waals surface area contributed by atoms with Crippen LogP contribution in [0.15, 0.2) is 5.16 Å². The van der Waals surface area contributed by atoms with Crippen molar-refractivity contribution >= 4 is 6.21 Å². The van der Waals surface area contributed by atoms with Crippen molar-refractivity contribution in [2.24, 2.45) is 17.0 Å². The molecule has 0 aromatic rings. The third kappa shape index (κ3) is 2.01. The van der Waals surface area contributed by atoms with E-state index < -0.39 is 0 Å². The molecule has 1 aliphatic rings. The zero-order valence-corrected chi connectivity index (χ0v) is 6.45. The van der Waals surface area contributed by atoms with Crippen molar-refractivity contribution in [3.8, 4) is 0 Å². The van der Waals surface area contributed by atoms with Crippen LogP contribution in [0.1, 0.15) is 32.6 Å². The molecule has 2 unspecified atom stereocenters. The van der Waals surface area contributed by atoms with Gasteiger partial charge in [-0.15, -0.1) is 5.16 Å². The van der Waals surface area contributed by atoms with Crippen LogP contribution >= 0.6 is 0 Å². The van der Waals surface area contributed by atoms with Crippen LogP contribution in [0, 0.1) is 11.8 Å². The molecule has 1 rings (SSSR count). The van der Waals surface area contributed by atoms with Crippen LogP contribution in [0.25, 0.3) is 0 Å². The third-order valence-electron chi connectivity index (χ3n) is 2.25. The van der Waals surface area contributed by atoms with Crippen molar-refractivity contribution in [2.75, 3.05) is 0 Å². The number of hydrogen-bond acceptors (Lipinski definition) is 2. The number of hydrogen-bond donors (Lipinski definition) is 1. The van der Waals surface area contributed by atoms with Crippen LogP contribution < -0.4 is 0 Å². The Kier molecular flexibility index (Phi) is 2.72. The summed E-state index contributed by atoms with van der Waals surface area (Å²) in [7, 11) is 0. The maximum absolute atomic E-state index is 8.27. The van der Waals surface area contributed by atoms with Gasteiger partial charge in [0.2, 0.25) is 0 Å². The van der Waals surface area contributed by atoms with Crippen LogP contribution in [0.2, 0.25) is 0 Å². The zero-order valence-electron chi connectivity index (χ0n) is 6.45. The van der Waals surface area contributed by atoms with Gasteiger partial charge in [0.25, 0.3) is 0 Å². The van der Waals surface area contributed by atoms with Gasteiger partial charge in [-0.3, -0.25) is 0 Å². The van der Waals surface area contributed by atoms with Crippen molar-refractivity contribution in [2.45, 2.75) is 32.6 Å². The molecule has 1 saturated carbocycles. The average molecular weight is 141 g/mol. The fourth-order valence-electron chi connectivity index (χ4n) is 1.71. The second-order valence-corrected chi connectivity index (χ2v) is 3.30. The molecule has 0 aromatic carbocycles. The van der Waals surface area contributed by atoms with E-state index in [4.69, 9.17) is 5.21 Å². The molecule has 0 spiro atoms. The minimum Gasteiger partial charge on any atom is -0.411 e. The Bertz CT molecular complexity index is 122. The van der Waals surface area contributed by atoms with Gasteiger partial charge in [-0.2, -0.15) is 0 Å². The van der Waals surface area contributed by atoms with Crippen molar-refractivity contribution < 1.29 is 5.21 Å². The molecule has 1 fully saturated rings. The molecule has 2 heteroatoms. The Labute approximate surface area is 61.9 Å². The maximum Gasteiger partial charge on any atom is 0.0466 e. The number of oxime groups is 1. The summed E-state index contributed by atoms with van der Waals surface area (Å²) in [6.45, 7) is 2.26. The van der Waals surface area contributed by atoms with Gasteiger partial charge in [0.15, 0.2) is 0 Å². The smallest absolute Gasteiger partial charge is 0.0466 e. The monoisotopic (exact) mass is 141 g/mol. The molecule has 10 heavy (non-hydrogen) atoms. The number of nitrogens with zero attached hydrogens (tertiary/aromatic N) is 1. The first kappa shape index (κ1) is 7.58. The highest BCUT2D eigenvalue weighted by atomic mass is 16.4. The second-order valence-electron chi connectivity index (χ2n) is 3.30. The lowest BCUT2D eigenvalue weighted by Crippen LogP contribution is -2.13. The molecule has 0 heterocycles. The molecule has 1 N–H and O–H groups in total. The molecule has 0 amide bonds. The van der Waals surface area contributed by atoms with E-state index in [1.54, 1.807) is 6.21 Å². The molecule has 0 saturated heterocycles. The van der Waals surface area contributed by atoms with Crippen molar-refractivity contribution in [3.05, 3.63) is 0 Å². The Hall–Kier alpha value is -0.530. The van der Waals surface area contributed by atoms with Crippen molar-refractivity contribution in [3.63, 3.8) is 0 Å². The summed E-state index contributed by atoms with van der Waals surface area (Å²) in [5, 5.41) is 11.3. The zero-order chi connectivity index (χ0) is 7.40. The lowest BCUT2D eigenvalue weighted by atomic mass is 9.83. The summed E-state index contributed by atoms with van der Waals surface area (Å²) in [5.74, 6) is 1.35. The maximum atomic E-state index is 8.27. The van der Waals surface area contributed by atoms with E-state index in [0.29, 0.717) is 5.92 Å². The summed E-state index contributed by atoms with van der Waals surface area (Å²) in [5.41, 5.74) is 0. The first-order chi connectivity index (χ1) is 4.83. The molecule has 1 aliphatic carbocycles. The van der Waals surface area contributed by atoms with E-state index in [0.717, 1.165) is 5.92 Å². The molecular weight excluding hydrogens is 126 g/mol. The largest absolute Gasteiger partial charge is 0.411 e. The molecule has 2 atom stereocenters. The van der Waals surface area contributed by atoms with E-state index in [-0.39, 0.29) is 0 Å². The van der Waals surface area contributed by atoms with E-state index >= 15 is 0 Å². The third-order valence-corrected chi connectivity index (χ3v) is 2.25. The predicted molar refractivity (Wildman–Crippen MR) is 41.4 cm³/mol. The van der Waals surface area contributed by atoms with Crippen LogP contribution in [-0.2, 0) is 0 Å². The topological polar surface area (TPSA) is 32.6 Å². The molecule has 0 bridgehead atoms. The Balaban J connectivity index is 2.32. The highest BCUT2D eigenvalue weighted by Crippen LogP contribution is 2.26. The summed E-state index contributed by atoms with van der Waals surface area (Å²) in [6, 6.07) is 0. The SMILES string of the molecule is CC1CCCC(C=NO)C1. The highest BCUT2D eigenvalue weighted by molar-refractivity contribution is 5.59. The summed E-state index contributed by atoms with van der Waals surface area (Å²) < 4.78 is 0. The lowest BCUT2D eigenvalue weighted by molar-refractivity contribution is 0.303. The van der Waals surface area contributed by atoms with Crippen LogP contribution in [0.3, 0.4) is 0 Å². The van der Waals surface area contributed by atoms with Crippen molar-refractivity contribution in [1.29, 1.82) is 0 Å². The van der Waals surface area contributed by atoms with E-state index in [9.17, 15) is 0 Å². The lowest BCUT2D eigenvalue weighted by Gasteiger charge is -2.22. The molecule has 2 nitrogen and oxygen atoms in total. The molecule has 58 valence electrons. The normalized spacial score (nSPS) is 34.9. The Morgan fingerprint density at radius 1 is 1.50 bits per heavy atom. The summed E-state index contributed by atoms with van der Waals surface area (Å²) in [6.07, 6.45) is 6.71. The molecule has 0 aliphatic heterocycles. The van der Waals surface area contributed by atoms with Crippen LogP contribution in [-0.4, -0.2) is 11.4 Å².